The maximum Gasteiger partial charge on any atom is 0.325 e. The Bertz CT molecular complexity index is 704. The zero-order valence-corrected chi connectivity index (χ0v) is 14.5. The van der Waals surface area contributed by atoms with Crippen LogP contribution in [-0.2, 0) is 17.9 Å². The number of hydrogen-bond acceptors (Lipinski definition) is 4. The van der Waals surface area contributed by atoms with Gasteiger partial charge in [-0.15, -0.1) is 0 Å². The summed E-state index contributed by atoms with van der Waals surface area (Å²) in [7, 11) is 0. The third kappa shape index (κ3) is 4.46. The van der Waals surface area contributed by atoms with Gasteiger partial charge in [-0.25, -0.2) is 0 Å². The van der Waals surface area contributed by atoms with Crippen LogP contribution in [0.15, 0.2) is 36.5 Å². The average Bonchev–Trinajstić information content (AvgIpc) is 2.97. The summed E-state index contributed by atoms with van der Waals surface area (Å²) < 4.78 is 1.50. The minimum Gasteiger partial charge on any atom is -0.480 e. The predicted octanol–water partition coefficient (Wildman–Crippen LogP) is 2.23. The van der Waals surface area contributed by atoms with Gasteiger partial charge in [0, 0.05) is 23.9 Å². The lowest BCUT2D eigenvalue weighted by atomic mass is 9.92. The Morgan fingerprint density at radius 2 is 1.96 bits per heavy atom. The van der Waals surface area contributed by atoms with Gasteiger partial charge in [0.05, 0.1) is 11.8 Å². The number of rotatable bonds is 6. The molecule has 1 aliphatic heterocycles. The number of likely N-dealkylation sites (tertiary alicyclic amines) is 1. The molecule has 2 N–H and O–H groups in total. The number of piperidine rings is 1. The van der Waals surface area contributed by atoms with Gasteiger partial charge in [-0.2, -0.15) is 5.10 Å². The second-order valence-electron chi connectivity index (χ2n) is 6.81. The van der Waals surface area contributed by atoms with E-state index in [1.807, 2.05) is 43.5 Å². The fourth-order valence-corrected chi connectivity index (χ4v) is 3.47. The molecule has 0 aliphatic carbocycles. The van der Waals surface area contributed by atoms with E-state index < -0.39 is 5.97 Å². The van der Waals surface area contributed by atoms with Crippen LogP contribution in [0, 0.1) is 5.92 Å². The van der Waals surface area contributed by atoms with Gasteiger partial charge < -0.3 is 10.2 Å². The molecule has 2 heterocycles. The van der Waals surface area contributed by atoms with E-state index in [0.717, 1.165) is 49.3 Å². The van der Waals surface area contributed by atoms with Crippen molar-refractivity contribution in [3.05, 3.63) is 42.1 Å². The molecule has 0 radical (unpaired) electrons. The number of carboxylic acids is 1. The lowest BCUT2D eigenvalue weighted by Gasteiger charge is -2.33. The molecule has 0 amide bonds. The highest BCUT2D eigenvalue weighted by molar-refractivity contribution is 5.67. The number of carbonyl (C=O) groups is 1. The van der Waals surface area contributed by atoms with E-state index in [4.69, 9.17) is 5.11 Å². The van der Waals surface area contributed by atoms with Crippen molar-refractivity contribution in [2.24, 2.45) is 5.92 Å². The van der Waals surface area contributed by atoms with Crippen LogP contribution in [0.1, 0.15) is 25.3 Å². The van der Waals surface area contributed by atoms with E-state index >= 15 is 0 Å². The maximum atomic E-state index is 11.0. The average molecular weight is 343 g/mol. The summed E-state index contributed by atoms with van der Waals surface area (Å²) >= 11 is 0. The molecule has 3 rings (SSSR count). The highest BCUT2D eigenvalue weighted by atomic mass is 16.4. The Kier molecular flexibility index (Phi) is 5.50. The van der Waals surface area contributed by atoms with Crippen molar-refractivity contribution in [1.29, 1.82) is 0 Å². The van der Waals surface area contributed by atoms with Crippen molar-refractivity contribution in [2.75, 3.05) is 13.1 Å². The molecular formula is C19H25N3O3. The van der Waals surface area contributed by atoms with Crippen LogP contribution in [0.5, 0.6) is 0 Å². The Balaban J connectivity index is 1.78. The highest BCUT2D eigenvalue weighted by Crippen LogP contribution is 2.26. The summed E-state index contributed by atoms with van der Waals surface area (Å²) in [5.41, 5.74) is 2.89. The second-order valence-corrected chi connectivity index (χ2v) is 6.81. The van der Waals surface area contributed by atoms with E-state index in [2.05, 4.69) is 10.00 Å². The first-order chi connectivity index (χ1) is 12.0. The van der Waals surface area contributed by atoms with Crippen LogP contribution < -0.4 is 0 Å². The number of aromatic nitrogens is 2. The predicted molar refractivity (Wildman–Crippen MR) is 95.0 cm³/mol. The Morgan fingerprint density at radius 3 is 2.56 bits per heavy atom. The Labute approximate surface area is 147 Å². The number of hydrogen-bond donors (Lipinski definition) is 2. The summed E-state index contributed by atoms with van der Waals surface area (Å²) in [4.78, 5) is 13.4. The number of aliphatic carboxylic acids is 1. The lowest BCUT2D eigenvalue weighted by molar-refractivity contribution is -0.137. The first kappa shape index (κ1) is 17.6. The van der Waals surface area contributed by atoms with Crippen LogP contribution in [0.3, 0.4) is 0 Å². The molecule has 2 aromatic rings. The first-order valence-corrected chi connectivity index (χ1v) is 8.77. The van der Waals surface area contributed by atoms with Crippen molar-refractivity contribution in [3.8, 4) is 11.3 Å². The zero-order chi connectivity index (χ0) is 17.8. The minimum absolute atomic E-state index is 0.135. The summed E-state index contributed by atoms with van der Waals surface area (Å²) in [6, 6.07) is 9.87. The van der Waals surface area contributed by atoms with Crippen molar-refractivity contribution >= 4 is 5.97 Å². The quantitative estimate of drug-likeness (QED) is 0.841. The lowest BCUT2D eigenvalue weighted by Crippen LogP contribution is -2.36. The minimum atomic E-state index is -0.897. The summed E-state index contributed by atoms with van der Waals surface area (Å²) in [5.74, 6) is -0.522. The van der Waals surface area contributed by atoms with Crippen LogP contribution in [0.25, 0.3) is 11.3 Å². The number of benzene rings is 1. The van der Waals surface area contributed by atoms with E-state index in [1.165, 1.54) is 4.68 Å². The smallest absolute Gasteiger partial charge is 0.325 e. The number of carboxylic acid groups (broad SMARTS) is 1. The topological polar surface area (TPSA) is 78.6 Å². The molecule has 0 spiro atoms. The molecule has 6 heteroatoms. The van der Waals surface area contributed by atoms with E-state index in [-0.39, 0.29) is 12.6 Å². The largest absolute Gasteiger partial charge is 0.480 e. The van der Waals surface area contributed by atoms with Gasteiger partial charge in [0.25, 0.3) is 0 Å². The Hall–Kier alpha value is -2.18. The van der Waals surface area contributed by atoms with Crippen LogP contribution >= 0.6 is 0 Å². The first-order valence-electron chi connectivity index (χ1n) is 8.77. The van der Waals surface area contributed by atoms with Gasteiger partial charge in [0.15, 0.2) is 0 Å². The SMILES string of the molecule is CC(O)C1CCN(Cc2cn(CC(=O)O)nc2-c2ccccc2)CC1. The van der Waals surface area contributed by atoms with Crippen molar-refractivity contribution in [3.63, 3.8) is 0 Å². The fraction of sp³-hybridized carbons (Fsp3) is 0.474. The number of aliphatic hydroxyl groups excluding tert-OH is 1. The standard InChI is InChI=1S/C19H25N3O3/c1-14(23)15-7-9-21(10-8-15)11-17-12-22(13-18(24)25)20-19(17)16-5-3-2-4-6-16/h2-6,12,14-15,23H,7-11,13H2,1H3,(H,24,25). The van der Waals surface area contributed by atoms with Gasteiger partial charge in [-0.3, -0.25) is 14.4 Å². The molecule has 134 valence electrons. The molecule has 0 bridgehead atoms. The molecule has 1 aliphatic rings. The molecule has 1 aromatic carbocycles. The maximum absolute atomic E-state index is 11.0. The molecule has 1 saturated heterocycles. The van der Waals surface area contributed by atoms with Gasteiger partial charge in [-0.1, -0.05) is 30.3 Å². The third-order valence-corrected chi connectivity index (χ3v) is 4.89. The van der Waals surface area contributed by atoms with Crippen LogP contribution in [0.4, 0.5) is 0 Å². The molecule has 25 heavy (non-hydrogen) atoms. The highest BCUT2D eigenvalue weighted by Gasteiger charge is 2.24. The second kappa shape index (κ2) is 7.80. The van der Waals surface area contributed by atoms with E-state index in [0.29, 0.717) is 5.92 Å². The monoisotopic (exact) mass is 343 g/mol. The molecule has 0 saturated carbocycles. The Morgan fingerprint density at radius 1 is 1.28 bits per heavy atom. The van der Waals surface area contributed by atoms with Gasteiger partial charge in [0.2, 0.25) is 0 Å². The van der Waals surface area contributed by atoms with Crippen molar-refractivity contribution in [2.45, 2.75) is 39.0 Å². The van der Waals surface area contributed by atoms with Crippen LogP contribution in [0.2, 0.25) is 0 Å². The molecule has 1 aromatic heterocycles. The molecule has 1 unspecified atom stereocenters. The molecular weight excluding hydrogens is 318 g/mol. The fourth-order valence-electron chi connectivity index (χ4n) is 3.47. The molecule has 1 fully saturated rings. The van der Waals surface area contributed by atoms with E-state index in [9.17, 15) is 9.90 Å². The zero-order valence-electron chi connectivity index (χ0n) is 14.5. The molecule has 1 atom stereocenters. The number of aliphatic hydroxyl groups is 1. The van der Waals surface area contributed by atoms with Crippen molar-refractivity contribution in [1.82, 2.24) is 14.7 Å². The summed E-state index contributed by atoms with van der Waals surface area (Å²) in [5, 5.41) is 23.3. The third-order valence-electron chi connectivity index (χ3n) is 4.89. The normalized spacial score (nSPS) is 17.5. The van der Waals surface area contributed by atoms with Crippen LogP contribution in [-0.4, -0.2) is 50.1 Å². The van der Waals surface area contributed by atoms with E-state index in [1.54, 1.807) is 0 Å². The summed E-state index contributed by atoms with van der Waals surface area (Å²) in [6.07, 6.45) is 3.57. The van der Waals surface area contributed by atoms with Gasteiger partial charge >= 0.3 is 5.97 Å². The number of nitrogens with zero attached hydrogens (tertiary/aromatic N) is 3. The van der Waals surface area contributed by atoms with Gasteiger partial charge in [0.1, 0.15) is 6.54 Å². The molecule has 6 nitrogen and oxygen atoms in total. The van der Waals surface area contributed by atoms with Crippen molar-refractivity contribution < 1.29 is 15.0 Å². The summed E-state index contributed by atoms with van der Waals surface area (Å²) in [6.45, 7) is 4.35. The van der Waals surface area contributed by atoms with Gasteiger partial charge in [-0.05, 0) is 38.8 Å².